The summed E-state index contributed by atoms with van der Waals surface area (Å²) in [5.74, 6) is -0.285. The van der Waals surface area contributed by atoms with Crippen LogP contribution in [0.1, 0.15) is 23.0 Å². The van der Waals surface area contributed by atoms with Crippen molar-refractivity contribution in [1.82, 2.24) is 9.78 Å². The Morgan fingerprint density at radius 1 is 1.35 bits per heavy atom. The zero-order chi connectivity index (χ0) is 12.8. The number of halogens is 3. The van der Waals surface area contributed by atoms with Gasteiger partial charge in [0.2, 0.25) is 0 Å². The molecule has 0 aliphatic rings. The summed E-state index contributed by atoms with van der Waals surface area (Å²) in [7, 11) is 1.39. The number of Topliss-reactive ketones (excluding diaryl/α,β-unsaturated/α-hetero) is 1. The van der Waals surface area contributed by atoms with Crippen LogP contribution < -0.4 is 0 Å². The molecule has 0 aliphatic carbocycles. The molecule has 0 spiro atoms. The molecule has 0 atom stereocenters. The van der Waals surface area contributed by atoms with Crippen molar-refractivity contribution >= 4 is 16.7 Å². The van der Waals surface area contributed by atoms with Crippen molar-refractivity contribution in [2.24, 2.45) is 7.05 Å². The fourth-order valence-corrected chi connectivity index (χ4v) is 1.83. The summed E-state index contributed by atoms with van der Waals surface area (Å²) in [6.07, 6.45) is -4.52. The molecule has 0 N–H and O–H groups in total. The maximum Gasteiger partial charge on any atom is 0.435 e. The molecule has 90 valence electrons. The van der Waals surface area contributed by atoms with Gasteiger partial charge in [-0.2, -0.15) is 18.3 Å². The van der Waals surface area contributed by atoms with E-state index < -0.39 is 11.9 Å². The monoisotopic (exact) mass is 242 g/mol. The maximum atomic E-state index is 12.7. The third kappa shape index (κ3) is 1.79. The van der Waals surface area contributed by atoms with Crippen LogP contribution in [0.25, 0.3) is 10.9 Å². The van der Waals surface area contributed by atoms with Gasteiger partial charge in [-0.05, 0) is 13.0 Å². The zero-order valence-corrected chi connectivity index (χ0v) is 9.17. The number of alkyl halides is 3. The highest BCUT2D eigenvalue weighted by Crippen LogP contribution is 2.34. The highest BCUT2D eigenvalue weighted by atomic mass is 19.4. The molecule has 6 heteroatoms. The molecule has 1 heterocycles. The van der Waals surface area contributed by atoms with Gasteiger partial charge >= 0.3 is 6.18 Å². The van der Waals surface area contributed by atoms with Gasteiger partial charge in [-0.15, -0.1) is 0 Å². The minimum Gasteiger partial charge on any atom is -0.294 e. The van der Waals surface area contributed by atoms with Gasteiger partial charge in [0.25, 0.3) is 0 Å². The van der Waals surface area contributed by atoms with Crippen molar-refractivity contribution in [3.8, 4) is 0 Å². The number of ketones is 1. The number of fused-ring (bicyclic) bond motifs is 1. The SMILES string of the molecule is CC(=O)c1cccc2c(C(F)(F)F)nn(C)c12. The first-order valence-electron chi connectivity index (χ1n) is 4.86. The van der Waals surface area contributed by atoms with Crippen LogP contribution >= 0.6 is 0 Å². The lowest BCUT2D eigenvalue weighted by Gasteiger charge is -2.02. The third-order valence-corrected chi connectivity index (χ3v) is 2.51. The molecule has 0 saturated carbocycles. The fourth-order valence-electron chi connectivity index (χ4n) is 1.83. The van der Waals surface area contributed by atoms with Crippen LogP contribution in [0.2, 0.25) is 0 Å². The Labute approximate surface area is 94.8 Å². The van der Waals surface area contributed by atoms with E-state index in [-0.39, 0.29) is 22.2 Å². The van der Waals surface area contributed by atoms with E-state index in [0.717, 1.165) is 4.68 Å². The molecular formula is C11H9F3N2O. The van der Waals surface area contributed by atoms with Crippen molar-refractivity contribution in [3.05, 3.63) is 29.5 Å². The second-order valence-corrected chi connectivity index (χ2v) is 3.73. The molecule has 0 saturated heterocycles. The average Bonchev–Trinajstić information content (AvgIpc) is 2.56. The van der Waals surface area contributed by atoms with Crippen LogP contribution in [-0.4, -0.2) is 15.6 Å². The predicted molar refractivity (Wildman–Crippen MR) is 55.7 cm³/mol. The zero-order valence-electron chi connectivity index (χ0n) is 9.17. The minimum atomic E-state index is -4.52. The number of aryl methyl sites for hydroxylation is 1. The smallest absolute Gasteiger partial charge is 0.294 e. The van der Waals surface area contributed by atoms with Crippen LogP contribution in [0.15, 0.2) is 18.2 Å². The first kappa shape index (κ1) is 11.6. The fraction of sp³-hybridized carbons (Fsp3) is 0.273. The predicted octanol–water partition coefficient (Wildman–Crippen LogP) is 2.79. The van der Waals surface area contributed by atoms with Crippen molar-refractivity contribution in [1.29, 1.82) is 0 Å². The van der Waals surface area contributed by atoms with Gasteiger partial charge in [0.15, 0.2) is 11.5 Å². The number of benzene rings is 1. The summed E-state index contributed by atoms with van der Waals surface area (Å²) >= 11 is 0. The second kappa shape index (κ2) is 3.58. The summed E-state index contributed by atoms with van der Waals surface area (Å²) in [5, 5.41) is 3.40. The van der Waals surface area contributed by atoms with Crippen LogP contribution in [0, 0.1) is 0 Å². The van der Waals surface area contributed by atoms with Gasteiger partial charge in [0, 0.05) is 18.0 Å². The number of carbonyl (C=O) groups excluding carboxylic acids is 1. The van der Waals surface area contributed by atoms with E-state index in [0.29, 0.717) is 0 Å². The molecule has 0 amide bonds. The van der Waals surface area contributed by atoms with Crippen molar-refractivity contribution < 1.29 is 18.0 Å². The topological polar surface area (TPSA) is 34.9 Å². The van der Waals surface area contributed by atoms with E-state index in [2.05, 4.69) is 5.10 Å². The van der Waals surface area contributed by atoms with E-state index >= 15 is 0 Å². The number of hydrogen-bond donors (Lipinski definition) is 0. The Morgan fingerprint density at radius 2 is 2.00 bits per heavy atom. The van der Waals surface area contributed by atoms with Gasteiger partial charge in [-0.1, -0.05) is 12.1 Å². The van der Waals surface area contributed by atoms with Crippen LogP contribution in [-0.2, 0) is 13.2 Å². The van der Waals surface area contributed by atoms with Crippen molar-refractivity contribution in [2.75, 3.05) is 0 Å². The Bertz CT molecular complexity index is 599. The van der Waals surface area contributed by atoms with E-state index in [1.165, 1.54) is 32.2 Å². The largest absolute Gasteiger partial charge is 0.435 e. The van der Waals surface area contributed by atoms with Gasteiger partial charge in [-0.3, -0.25) is 9.48 Å². The number of hydrogen-bond acceptors (Lipinski definition) is 2. The second-order valence-electron chi connectivity index (χ2n) is 3.73. The Morgan fingerprint density at radius 3 is 2.53 bits per heavy atom. The first-order valence-corrected chi connectivity index (χ1v) is 4.86. The number of nitrogens with zero attached hydrogens (tertiary/aromatic N) is 2. The number of para-hydroxylation sites is 1. The van der Waals surface area contributed by atoms with Crippen molar-refractivity contribution in [3.63, 3.8) is 0 Å². The number of aromatic nitrogens is 2. The molecule has 17 heavy (non-hydrogen) atoms. The van der Waals surface area contributed by atoms with Gasteiger partial charge in [0.1, 0.15) is 0 Å². The van der Waals surface area contributed by atoms with E-state index in [1.807, 2.05) is 0 Å². The van der Waals surface area contributed by atoms with Gasteiger partial charge < -0.3 is 0 Å². The van der Waals surface area contributed by atoms with Crippen LogP contribution in [0.5, 0.6) is 0 Å². The highest BCUT2D eigenvalue weighted by Gasteiger charge is 2.36. The molecule has 2 rings (SSSR count). The van der Waals surface area contributed by atoms with Crippen LogP contribution in [0.4, 0.5) is 13.2 Å². The summed E-state index contributed by atoms with van der Waals surface area (Å²) in [6.45, 7) is 1.31. The third-order valence-electron chi connectivity index (χ3n) is 2.51. The highest BCUT2D eigenvalue weighted by molar-refractivity contribution is 6.06. The Kier molecular flexibility index (Phi) is 2.45. The number of carbonyl (C=O) groups is 1. The summed E-state index contributed by atoms with van der Waals surface area (Å²) in [5.41, 5.74) is -0.501. The molecular weight excluding hydrogens is 233 g/mol. The van der Waals surface area contributed by atoms with Crippen LogP contribution in [0.3, 0.4) is 0 Å². The maximum absolute atomic E-state index is 12.7. The summed E-state index contributed by atoms with van der Waals surface area (Å²) < 4.78 is 39.2. The molecule has 0 fully saturated rings. The lowest BCUT2D eigenvalue weighted by Crippen LogP contribution is -2.06. The Balaban J connectivity index is 2.87. The minimum absolute atomic E-state index is 0.0484. The van der Waals surface area contributed by atoms with E-state index in [9.17, 15) is 18.0 Å². The molecule has 1 aromatic heterocycles. The number of rotatable bonds is 1. The van der Waals surface area contributed by atoms with Gasteiger partial charge in [0.05, 0.1) is 5.52 Å². The first-order chi connectivity index (χ1) is 7.82. The molecule has 0 unspecified atom stereocenters. The standard InChI is InChI=1S/C11H9F3N2O/c1-6(17)7-4-3-5-8-9(7)16(2)15-10(8)11(12,13)14/h3-5H,1-2H3. The lowest BCUT2D eigenvalue weighted by atomic mass is 10.1. The van der Waals surface area contributed by atoms with Gasteiger partial charge in [-0.25, -0.2) is 0 Å². The molecule has 0 radical (unpaired) electrons. The quantitative estimate of drug-likeness (QED) is 0.721. The van der Waals surface area contributed by atoms with E-state index in [4.69, 9.17) is 0 Å². The summed E-state index contributed by atoms with van der Waals surface area (Å²) in [4.78, 5) is 11.3. The van der Waals surface area contributed by atoms with Crippen molar-refractivity contribution in [2.45, 2.75) is 13.1 Å². The summed E-state index contributed by atoms with van der Waals surface area (Å²) in [6, 6.07) is 4.24. The Hall–Kier alpha value is -1.85. The normalized spacial score (nSPS) is 12.1. The molecule has 3 nitrogen and oxygen atoms in total. The lowest BCUT2D eigenvalue weighted by molar-refractivity contribution is -0.140. The average molecular weight is 242 g/mol. The molecule has 0 bridgehead atoms. The molecule has 1 aromatic carbocycles. The van der Waals surface area contributed by atoms with E-state index in [1.54, 1.807) is 0 Å². The molecule has 0 aliphatic heterocycles. The molecule has 2 aromatic rings.